The summed E-state index contributed by atoms with van der Waals surface area (Å²) in [5, 5.41) is 8.27. The molecule has 0 aliphatic heterocycles. The van der Waals surface area contributed by atoms with Gasteiger partial charge in [0.15, 0.2) is 0 Å². The molecule has 0 spiro atoms. The normalized spacial score (nSPS) is 11.4. The van der Waals surface area contributed by atoms with Crippen molar-refractivity contribution in [2.75, 3.05) is 20.6 Å². The zero-order valence-electron chi connectivity index (χ0n) is 12.7. The van der Waals surface area contributed by atoms with Gasteiger partial charge in [0.2, 0.25) is 0 Å². The number of fused-ring (bicyclic) bond motifs is 1. The van der Waals surface area contributed by atoms with Gasteiger partial charge in [-0.3, -0.25) is 0 Å². The molecule has 0 saturated heterocycles. The molecule has 1 aromatic carbocycles. The van der Waals surface area contributed by atoms with Gasteiger partial charge in [-0.2, -0.15) is 5.10 Å². The lowest BCUT2D eigenvalue weighted by Gasteiger charge is -2.08. The van der Waals surface area contributed by atoms with Crippen molar-refractivity contribution in [3.8, 4) is 0 Å². The Labute approximate surface area is 128 Å². The van der Waals surface area contributed by atoms with Crippen molar-refractivity contribution in [1.82, 2.24) is 24.3 Å². The zero-order chi connectivity index (χ0) is 15.5. The van der Waals surface area contributed by atoms with Crippen LogP contribution in [0.15, 0.2) is 42.3 Å². The highest BCUT2D eigenvalue weighted by Gasteiger charge is 2.10. The van der Waals surface area contributed by atoms with Crippen molar-refractivity contribution in [3.63, 3.8) is 0 Å². The Balaban J connectivity index is 1.97. The van der Waals surface area contributed by atoms with Crippen molar-refractivity contribution < 1.29 is 0 Å². The number of nitrogens with zero attached hydrogens (tertiary/aromatic N) is 6. The molecular weight excluding hydrogens is 280 g/mol. The Morgan fingerprint density at radius 3 is 2.86 bits per heavy atom. The van der Waals surface area contributed by atoms with Gasteiger partial charge in [-0.05, 0) is 43.8 Å². The molecule has 0 atom stereocenters. The number of likely N-dealkylation sites (N-methyl/N-ethyl adjacent to an activating group) is 1. The lowest BCUT2D eigenvalue weighted by atomic mass is 10.1. The van der Waals surface area contributed by atoms with Crippen molar-refractivity contribution >= 4 is 10.9 Å². The predicted octanol–water partition coefficient (Wildman–Crippen LogP) is 1.91. The molecule has 0 radical (unpaired) electrons. The molecule has 0 bridgehead atoms. The molecule has 0 amide bonds. The van der Waals surface area contributed by atoms with E-state index in [2.05, 4.69) is 26.3 Å². The van der Waals surface area contributed by atoms with E-state index in [0.29, 0.717) is 6.54 Å². The van der Waals surface area contributed by atoms with E-state index in [0.717, 1.165) is 35.0 Å². The number of aromatic nitrogens is 4. The molecule has 7 heteroatoms. The molecule has 0 unspecified atom stereocenters. The van der Waals surface area contributed by atoms with Gasteiger partial charge in [0.05, 0.1) is 17.3 Å². The molecule has 22 heavy (non-hydrogen) atoms. The number of nitroso groups, excluding NO2 is 1. The summed E-state index contributed by atoms with van der Waals surface area (Å²) >= 11 is 0. The lowest BCUT2D eigenvalue weighted by molar-refractivity contribution is 0.414. The Hall–Kier alpha value is -2.54. The molecular formula is C15H18N6O. The average molecular weight is 298 g/mol. The van der Waals surface area contributed by atoms with Gasteiger partial charge in [0, 0.05) is 18.1 Å². The second-order valence-electron chi connectivity index (χ2n) is 5.58. The predicted molar refractivity (Wildman–Crippen MR) is 84.5 cm³/mol. The van der Waals surface area contributed by atoms with Gasteiger partial charge < -0.3 is 4.90 Å². The summed E-state index contributed by atoms with van der Waals surface area (Å²) in [5.74, 6) is 0. The Bertz CT molecular complexity index is 775. The van der Waals surface area contributed by atoms with Gasteiger partial charge in [0.25, 0.3) is 0 Å². The molecule has 0 aliphatic rings. The average Bonchev–Trinajstić information content (AvgIpc) is 3.12. The van der Waals surface area contributed by atoms with Crippen LogP contribution in [0.1, 0.15) is 11.1 Å². The summed E-state index contributed by atoms with van der Waals surface area (Å²) in [6, 6.07) is 6.02. The van der Waals surface area contributed by atoms with E-state index in [4.69, 9.17) is 0 Å². The van der Waals surface area contributed by atoms with E-state index in [1.807, 2.05) is 32.4 Å². The first-order chi connectivity index (χ1) is 10.7. The summed E-state index contributed by atoms with van der Waals surface area (Å²) in [4.78, 5) is 17.1. The second kappa shape index (κ2) is 6.07. The number of hydrogen-bond donors (Lipinski definition) is 0. The largest absolute Gasteiger partial charge is 0.309 e. The maximum atomic E-state index is 11.0. The van der Waals surface area contributed by atoms with Gasteiger partial charge in [-0.1, -0.05) is 6.07 Å². The third-order valence-electron chi connectivity index (χ3n) is 3.66. The highest BCUT2D eigenvalue weighted by molar-refractivity contribution is 5.84. The minimum atomic E-state index is 0.656. The van der Waals surface area contributed by atoms with Crippen LogP contribution in [0.4, 0.5) is 0 Å². The van der Waals surface area contributed by atoms with Crippen LogP contribution in [0.3, 0.4) is 0 Å². The van der Waals surface area contributed by atoms with E-state index < -0.39 is 0 Å². The standard InChI is InChI=1S/C15H18N6O/c1-19(2)6-5-13-9-21(18-22)15-4-3-12(7-14(13)15)8-20-11-16-10-17-20/h3-4,7,9-11H,5-6,8H2,1-2H3. The first-order valence-corrected chi connectivity index (χ1v) is 7.11. The molecule has 3 aromatic rings. The van der Waals surface area contributed by atoms with Gasteiger partial charge in [-0.25, -0.2) is 14.3 Å². The monoisotopic (exact) mass is 298 g/mol. The van der Waals surface area contributed by atoms with E-state index in [-0.39, 0.29) is 0 Å². The maximum Gasteiger partial charge on any atom is 0.137 e. The fourth-order valence-corrected chi connectivity index (χ4v) is 2.54. The summed E-state index contributed by atoms with van der Waals surface area (Å²) in [6.45, 7) is 1.58. The quantitative estimate of drug-likeness (QED) is 0.652. The lowest BCUT2D eigenvalue weighted by Crippen LogP contribution is -2.14. The highest BCUT2D eigenvalue weighted by atomic mass is 16.3. The van der Waals surface area contributed by atoms with E-state index in [1.54, 1.807) is 11.0 Å². The van der Waals surface area contributed by atoms with Gasteiger partial charge in [0.1, 0.15) is 12.7 Å². The fourth-order valence-electron chi connectivity index (χ4n) is 2.54. The summed E-state index contributed by atoms with van der Waals surface area (Å²) < 4.78 is 3.18. The van der Waals surface area contributed by atoms with Crippen LogP contribution in [-0.4, -0.2) is 45.0 Å². The van der Waals surface area contributed by atoms with Crippen molar-refractivity contribution in [2.45, 2.75) is 13.0 Å². The first kappa shape index (κ1) is 14.4. The molecule has 0 aliphatic carbocycles. The molecule has 2 aromatic heterocycles. The number of benzene rings is 1. The molecule has 0 N–H and O–H groups in total. The zero-order valence-corrected chi connectivity index (χ0v) is 12.7. The third-order valence-corrected chi connectivity index (χ3v) is 3.66. The van der Waals surface area contributed by atoms with E-state index >= 15 is 0 Å². The first-order valence-electron chi connectivity index (χ1n) is 7.11. The highest BCUT2D eigenvalue weighted by Crippen LogP contribution is 2.24. The molecule has 7 nitrogen and oxygen atoms in total. The molecule has 0 saturated carbocycles. The summed E-state index contributed by atoms with van der Waals surface area (Å²) in [5.41, 5.74) is 3.09. The smallest absolute Gasteiger partial charge is 0.137 e. The van der Waals surface area contributed by atoms with Crippen LogP contribution in [-0.2, 0) is 13.0 Å². The second-order valence-corrected chi connectivity index (χ2v) is 5.58. The van der Waals surface area contributed by atoms with Gasteiger partial charge >= 0.3 is 0 Å². The Morgan fingerprint density at radius 2 is 2.18 bits per heavy atom. The SMILES string of the molecule is CN(C)CCc1cn(N=O)c2ccc(Cn3cncn3)cc12. The van der Waals surface area contributed by atoms with Crippen molar-refractivity contribution in [1.29, 1.82) is 0 Å². The van der Waals surface area contributed by atoms with E-state index in [9.17, 15) is 4.91 Å². The molecule has 2 heterocycles. The van der Waals surface area contributed by atoms with Crippen molar-refractivity contribution in [2.24, 2.45) is 5.29 Å². The minimum absolute atomic E-state index is 0.656. The fraction of sp³-hybridized carbons (Fsp3) is 0.333. The Morgan fingerprint density at radius 1 is 1.32 bits per heavy atom. The number of hydrogen-bond acceptors (Lipinski definition) is 5. The molecule has 3 rings (SSSR count). The van der Waals surface area contributed by atoms with Crippen molar-refractivity contribution in [3.05, 3.63) is 53.1 Å². The Kier molecular flexibility index (Phi) is 3.97. The van der Waals surface area contributed by atoms with Crippen LogP contribution in [0, 0.1) is 4.91 Å². The molecule has 0 fully saturated rings. The topological polar surface area (TPSA) is 68.3 Å². The van der Waals surface area contributed by atoms with Crippen LogP contribution in [0.25, 0.3) is 10.9 Å². The van der Waals surface area contributed by atoms with E-state index in [1.165, 1.54) is 11.0 Å². The van der Waals surface area contributed by atoms with Crippen LogP contribution in [0.2, 0.25) is 0 Å². The van der Waals surface area contributed by atoms with Crippen LogP contribution >= 0.6 is 0 Å². The third kappa shape index (κ3) is 2.89. The number of rotatable bonds is 6. The van der Waals surface area contributed by atoms with Crippen LogP contribution < -0.4 is 0 Å². The van der Waals surface area contributed by atoms with Gasteiger partial charge in [-0.15, -0.1) is 4.91 Å². The molecule has 114 valence electrons. The minimum Gasteiger partial charge on any atom is -0.309 e. The van der Waals surface area contributed by atoms with Crippen LogP contribution in [0.5, 0.6) is 0 Å². The maximum absolute atomic E-state index is 11.0. The summed E-state index contributed by atoms with van der Waals surface area (Å²) in [7, 11) is 4.07. The summed E-state index contributed by atoms with van der Waals surface area (Å²) in [6.07, 6.45) is 5.91.